The zero-order valence-electron chi connectivity index (χ0n) is 14.7. The lowest BCUT2D eigenvalue weighted by atomic mass is 10.2. The standard InChI is InChI=1S/C15H16N8O4/c1-8-12(23(22-18-8)14-13(16)20-27-21-14)15(24)19-17-7-9-6-10(25-2)4-5-11(9)26-3/h4-7H,1-3H3,(H2,16,20)(H,19,24)/b17-7+. The molecule has 0 unspecified atom stereocenters. The lowest BCUT2D eigenvalue weighted by Gasteiger charge is -2.07. The number of aryl methyl sites for hydroxylation is 1. The molecule has 0 atom stereocenters. The van der Waals surface area contributed by atoms with Gasteiger partial charge in [-0.2, -0.15) is 9.78 Å². The summed E-state index contributed by atoms with van der Waals surface area (Å²) in [5.41, 5.74) is 9.10. The number of anilines is 1. The van der Waals surface area contributed by atoms with Crippen molar-refractivity contribution in [2.45, 2.75) is 6.92 Å². The van der Waals surface area contributed by atoms with Crippen LogP contribution in [0.2, 0.25) is 0 Å². The fraction of sp³-hybridized carbons (Fsp3) is 0.200. The van der Waals surface area contributed by atoms with E-state index in [0.717, 1.165) is 4.68 Å². The Labute approximate surface area is 152 Å². The summed E-state index contributed by atoms with van der Waals surface area (Å²) >= 11 is 0. The van der Waals surface area contributed by atoms with E-state index in [2.05, 4.69) is 35.8 Å². The lowest BCUT2D eigenvalue weighted by molar-refractivity contribution is 0.0946. The Bertz CT molecular complexity index is 994. The van der Waals surface area contributed by atoms with E-state index in [0.29, 0.717) is 22.8 Å². The summed E-state index contributed by atoms with van der Waals surface area (Å²) in [5.74, 6) is 0.643. The molecular weight excluding hydrogens is 356 g/mol. The van der Waals surface area contributed by atoms with E-state index in [-0.39, 0.29) is 17.3 Å². The fourth-order valence-electron chi connectivity index (χ4n) is 2.26. The molecule has 12 heteroatoms. The van der Waals surface area contributed by atoms with Crippen LogP contribution < -0.4 is 20.6 Å². The van der Waals surface area contributed by atoms with Crippen molar-refractivity contribution in [2.24, 2.45) is 5.10 Å². The maximum atomic E-state index is 12.5. The second-order valence-electron chi connectivity index (χ2n) is 5.22. The van der Waals surface area contributed by atoms with Gasteiger partial charge in [0.1, 0.15) is 11.5 Å². The van der Waals surface area contributed by atoms with Crippen molar-refractivity contribution in [3.8, 4) is 17.3 Å². The second-order valence-corrected chi connectivity index (χ2v) is 5.22. The number of hydrogen-bond donors (Lipinski definition) is 2. The minimum absolute atomic E-state index is 0.0291. The van der Waals surface area contributed by atoms with Crippen LogP contribution >= 0.6 is 0 Å². The molecule has 1 aromatic carbocycles. The molecule has 3 aromatic rings. The number of carbonyl (C=O) groups is 1. The molecule has 3 rings (SSSR count). The van der Waals surface area contributed by atoms with Gasteiger partial charge in [-0.3, -0.25) is 4.79 Å². The van der Waals surface area contributed by atoms with Gasteiger partial charge in [-0.15, -0.1) is 5.10 Å². The summed E-state index contributed by atoms with van der Waals surface area (Å²) in [5, 5.41) is 18.7. The van der Waals surface area contributed by atoms with Crippen molar-refractivity contribution in [1.82, 2.24) is 30.7 Å². The van der Waals surface area contributed by atoms with E-state index in [1.165, 1.54) is 13.3 Å². The molecule has 2 aromatic heterocycles. The number of ether oxygens (including phenoxy) is 2. The van der Waals surface area contributed by atoms with Gasteiger partial charge in [0.25, 0.3) is 5.91 Å². The first kappa shape index (κ1) is 17.8. The van der Waals surface area contributed by atoms with Crippen LogP contribution in [0.3, 0.4) is 0 Å². The first-order chi connectivity index (χ1) is 13.0. The SMILES string of the molecule is COc1ccc(OC)c(/C=N/NC(=O)c2c(C)nnn2-c2nonc2N)c1. The Morgan fingerprint density at radius 3 is 2.81 bits per heavy atom. The number of methoxy groups -OCH3 is 2. The number of amides is 1. The van der Waals surface area contributed by atoms with E-state index < -0.39 is 5.91 Å². The Morgan fingerprint density at radius 2 is 2.15 bits per heavy atom. The number of nitrogens with zero attached hydrogens (tertiary/aromatic N) is 6. The first-order valence-electron chi connectivity index (χ1n) is 7.61. The van der Waals surface area contributed by atoms with Crippen molar-refractivity contribution in [1.29, 1.82) is 0 Å². The Morgan fingerprint density at radius 1 is 1.33 bits per heavy atom. The van der Waals surface area contributed by atoms with Crippen LogP contribution in [0.5, 0.6) is 11.5 Å². The minimum atomic E-state index is -0.571. The number of benzene rings is 1. The fourth-order valence-corrected chi connectivity index (χ4v) is 2.26. The minimum Gasteiger partial charge on any atom is -0.497 e. The molecule has 0 aliphatic heterocycles. The van der Waals surface area contributed by atoms with Crippen LogP contribution in [-0.2, 0) is 0 Å². The normalized spacial score (nSPS) is 10.9. The molecule has 140 valence electrons. The molecule has 2 heterocycles. The van der Waals surface area contributed by atoms with Gasteiger partial charge >= 0.3 is 0 Å². The predicted molar refractivity (Wildman–Crippen MR) is 93.0 cm³/mol. The van der Waals surface area contributed by atoms with E-state index in [1.54, 1.807) is 32.2 Å². The highest BCUT2D eigenvalue weighted by Gasteiger charge is 2.22. The number of carbonyl (C=O) groups excluding carboxylic acids is 1. The van der Waals surface area contributed by atoms with Gasteiger partial charge in [0.15, 0.2) is 5.69 Å². The van der Waals surface area contributed by atoms with Crippen molar-refractivity contribution >= 4 is 17.9 Å². The van der Waals surface area contributed by atoms with Gasteiger partial charge in [0.05, 0.1) is 26.1 Å². The number of nitrogens with two attached hydrogens (primary N) is 1. The van der Waals surface area contributed by atoms with Crippen LogP contribution in [0.4, 0.5) is 5.82 Å². The quantitative estimate of drug-likeness (QED) is 0.459. The number of rotatable bonds is 6. The molecule has 0 bridgehead atoms. The van der Waals surface area contributed by atoms with Gasteiger partial charge in [0.2, 0.25) is 11.6 Å². The molecule has 0 spiro atoms. The molecule has 0 saturated heterocycles. The summed E-state index contributed by atoms with van der Waals surface area (Å²) in [7, 11) is 3.08. The number of nitrogen functional groups attached to an aromatic ring is 1. The molecular formula is C15H16N8O4. The highest BCUT2D eigenvalue weighted by atomic mass is 16.6. The van der Waals surface area contributed by atoms with Gasteiger partial charge in [0, 0.05) is 5.56 Å². The Balaban J connectivity index is 1.83. The van der Waals surface area contributed by atoms with E-state index in [4.69, 9.17) is 15.2 Å². The van der Waals surface area contributed by atoms with E-state index in [9.17, 15) is 4.79 Å². The summed E-state index contributed by atoms with van der Waals surface area (Å²) in [6, 6.07) is 5.19. The third-order valence-electron chi connectivity index (χ3n) is 3.56. The summed E-state index contributed by atoms with van der Waals surface area (Å²) in [4.78, 5) is 12.5. The number of hydrogen-bond acceptors (Lipinski definition) is 10. The largest absolute Gasteiger partial charge is 0.497 e. The van der Waals surface area contributed by atoms with Crippen LogP contribution in [0.15, 0.2) is 27.9 Å². The molecule has 0 aliphatic rings. The first-order valence-corrected chi connectivity index (χ1v) is 7.61. The van der Waals surface area contributed by atoms with Gasteiger partial charge < -0.3 is 15.2 Å². The molecule has 0 saturated carbocycles. The Kier molecular flexibility index (Phi) is 4.97. The van der Waals surface area contributed by atoms with Crippen molar-refractivity contribution in [3.63, 3.8) is 0 Å². The predicted octanol–water partition coefficient (Wildman–Crippen LogP) is 0.322. The number of nitrogens with one attached hydrogen (secondary N) is 1. The maximum absolute atomic E-state index is 12.5. The Hall–Kier alpha value is -3.96. The monoisotopic (exact) mass is 372 g/mol. The molecule has 12 nitrogen and oxygen atoms in total. The average molecular weight is 372 g/mol. The molecule has 3 N–H and O–H groups in total. The molecule has 1 amide bonds. The van der Waals surface area contributed by atoms with E-state index >= 15 is 0 Å². The van der Waals surface area contributed by atoms with Crippen molar-refractivity contribution in [2.75, 3.05) is 20.0 Å². The topological polar surface area (TPSA) is 156 Å². The molecule has 0 aliphatic carbocycles. The van der Waals surface area contributed by atoms with Crippen LogP contribution in [0.1, 0.15) is 21.7 Å². The number of hydrazone groups is 1. The smallest absolute Gasteiger partial charge is 0.292 e. The molecule has 0 fully saturated rings. The van der Waals surface area contributed by atoms with Crippen molar-refractivity contribution < 1.29 is 18.9 Å². The second kappa shape index (κ2) is 7.51. The van der Waals surface area contributed by atoms with Crippen molar-refractivity contribution in [3.05, 3.63) is 35.2 Å². The van der Waals surface area contributed by atoms with Crippen LogP contribution in [-0.4, -0.2) is 51.6 Å². The van der Waals surface area contributed by atoms with Gasteiger partial charge in [-0.25, -0.2) is 10.1 Å². The zero-order chi connectivity index (χ0) is 19.4. The van der Waals surface area contributed by atoms with Gasteiger partial charge in [-0.1, -0.05) is 5.21 Å². The molecule has 0 radical (unpaired) electrons. The van der Waals surface area contributed by atoms with E-state index in [1.807, 2.05) is 0 Å². The third-order valence-corrected chi connectivity index (χ3v) is 3.56. The zero-order valence-corrected chi connectivity index (χ0v) is 14.7. The molecule has 27 heavy (non-hydrogen) atoms. The summed E-state index contributed by atoms with van der Waals surface area (Å²) in [6.45, 7) is 1.61. The number of aromatic nitrogens is 5. The average Bonchev–Trinajstić information content (AvgIpc) is 3.26. The van der Waals surface area contributed by atoms with Crippen LogP contribution in [0, 0.1) is 6.92 Å². The van der Waals surface area contributed by atoms with Gasteiger partial charge in [-0.05, 0) is 35.4 Å². The highest BCUT2D eigenvalue weighted by Crippen LogP contribution is 2.22. The summed E-state index contributed by atoms with van der Waals surface area (Å²) in [6.07, 6.45) is 1.43. The lowest BCUT2D eigenvalue weighted by Crippen LogP contribution is -2.22. The third kappa shape index (κ3) is 3.53. The highest BCUT2D eigenvalue weighted by molar-refractivity contribution is 5.95. The summed E-state index contributed by atoms with van der Waals surface area (Å²) < 4.78 is 16.1. The maximum Gasteiger partial charge on any atom is 0.292 e. The van der Waals surface area contributed by atoms with Crippen LogP contribution in [0.25, 0.3) is 5.82 Å².